The van der Waals surface area contributed by atoms with Crippen LogP contribution in [0, 0.1) is 6.92 Å². The summed E-state index contributed by atoms with van der Waals surface area (Å²) in [5.41, 5.74) is 0.792. The first-order chi connectivity index (χ1) is 9.36. The Bertz CT molecular complexity index is 438. The average Bonchev–Trinajstić information content (AvgIpc) is 2.75. The van der Waals surface area contributed by atoms with Gasteiger partial charge in [-0.25, -0.2) is 4.98 Å². The summed E-state index contributed by atoms with van der Waals surface area (Å²) in [6.07, 6.45) is 0. The van der Waals surface area contributed by atoms with Gasteiger partial charge >= 0.3 is 0 Å². The molecule has 1 heterocycles. The fraction of sp³-hybridized carbons (Fsp3) is 0.714. The SMILES string of the molecule is COCCNCCNC(=O)c1sc(C(C)(C)C)nc1C. The molecule has 0 aliphatic carbocycles. The van der Waals surface area contributed by atoms with Crippen LogP contribution < -0.4 is 10.6 Å². The van der Waals surface area contributed by atoms with Crippen molar-refractivity contribution >= 4 is 17.2 Å². The monoisotopic (exact) mass is 299 g/mol. The van der Waals surface area contributed by atoms with Crippen LogP contribution in [-0.2, 0) is 10.2 Å². The third kappa shape index (κ3) is 5.19. The normalized spacial score (nSPS) is 11.7. The van der Waals surface area contributed by atoms with Crippen LogP contribution >= 0.6 is 11.3 Å². The zero-order chi connectivity index (χ0) is 15.2. The van der Waals surface area contributed by atoms with E-state index in [4.69, 9.17) is 4.74 Å². The summed E-state index contributed by atoms with van der Waals surface area (Å²) in [4.78, 5) is 17.3. The van der Waals surface area contributed by atoms with Gasteiger partial charge in [0.05, 0.1) is 17.3 Å². The summed E-state index contributed by atoms with van der Waals surface area (Å²) in [6, 6.07) is 0. The van der Waals surface area contributed by atoms with Crippen molar-refractivity contribution in [3.63, 3.8) is 0 Å². The van der Waals surface area contributed by atoms with Crippen LogP contribution in [0.3, 0.4) is 0 Å². The van der Waals surface area contributed by atoms with Gasteiger partial charge in [-0.2, -0.15) is 0 Å². The number of nitrogens with zero attached hydrogens (tertiary/aromatic N) is 1. The minimum atomic E-state index is -0.0379. The van der Waals surface area contributed by atoms with Crippen molar-refractivity contribution in [3.8, 4) is 0 Å². The number of carbonyl (C=O) groups excluding carboxylic acids is 1. The molecule has 2 N–H and O–H groups in total. The number of thiazole rings is 1. The van der Waals surface area contributed by atoms with Crippen molar-refractivity contribution in [2.75, 3.05) is 33.4 Å². The smallest absolute Gasteiger partial charge is 0.263 e. The molecular formula is C14H25N3O2S. The van der Waals surface area contributed by atoms with E-state index in [1.807, 2.05) is 6.92 Å². The third-order valence-corrected chi connectivity index (χ3v) is 4.30. The van der Waals surface area contributed by atoms with E-state index in [-0.39, 0.29) is 11.3 Å². The van der Waals surface area contributed by atoms with Gasteiger partial charge in [-0.05, 0) is 6.92 Å². The van der Waals surface area contributed by atoms with E-state index in [1.54, 1.807) is 7.11 Å². The molecule has 0 aromatic carbocycles. The lowest BCUT2D eigenvalue weighted by Crippen LogP contribution is -2.33. The second kappa shape index (κ2) is 7.71. The molecule has 114 valence electrons. The molecule has 0 unspecified atom stereocenters. The second-order valence-electron chi connectivity index (χ2n) is 5.68. The summed E-state index contributed by atoms with van der Waals surface area (Å²) in [6.45, 7) is 11.0. The number of methoxy groups -OCH3 is 1. The van der Waals surface area contributed by atoms with Gasteiger partial charge in [-0.15, -0.1) is 11.3 Å². The molecule has 0 saturated carbocycles. The molecule has 1 rings (SSSR count). The van der Waals surface area contributed by atoms with Gasteiger partial charge in [-0.3, -0.25) is 4.79 Å². The van der Waals surface area contributed by atoms with Gasteiger partial charge in [0.25, 0.3) is 5.91 Å². The lowest BCUT2D eigenvalue weighted by molar-refractivity contribution is 0.0957. The maximum atomic E-state index is 12.1. The van der Waals surface area contributed by atoms with E-state index in [9.17, 15) is 4.79 Å². The minimum Gasteiger partial charge on any atom is -0.383 e. The third-order valence-electron chi connectivity index (χ3n) is 2.71. The fourth-order valence-electron chi connectivity index (χ4n) is 1.57. The molecule has 1 aromatic rings. The number of aromatic nitrogens is 1. The standard InChI is InChI=1S/C14H25N3O2S/c1-10-11(20-13(17-10)14(2,3)4)12(18)16-7-6-15-8-9-19-5/h15H,6-9H2,1-5H3,(H,16,18). The van der Waals surface area contributed by atoms with Gasteiger partial charge in [0.15, 0.2) is 0 Å². The van der Waals surface area contributed by atoms with E-state index in [1.165, 1.54) is 11.3 Å². The minimum absolute atomic E-state index is 0.0182. The van der Waals surface area contributed by atoms with Crippen LogP contribution in [0.4, 0.5) is 0 Å². The van der Waals surface area contributed by atoms with Crippen LogP contribution in [0.1, 0.15) is 41.1 Å². The van der Waals surface area contributed by atoms with Crippen molar-refractivity contribution in [2.45, 2.75) is 33.1 Å². The first-order valence-corrected chi connectivity index (χ1v) is 7.63. The van der Waals surface area contributed by atoms with E-state index >= 15 is 0 Å². The van der Waals surface area contributed by atoms with Crippen LogP contribution in [0.25, 0.3) is 0 Å². The lowest BCUT2D eigenvalue weighted by atomic mass is 9.98. The first kappa shape index (κ1) is 17.1. The molecule has 0 aliphatic rings. The number of hydrogen-bond acceptors (Lipinski definition) is 5. The summed E-state index contributed by atoms with van der Waals surface area (Å²) < 4.78 is 4.93. The molecule has 1 aromatic heterocycles. The van der Waals surface area contributed by atoms with Gasteiger partial charge in [0.2, 0.25) is 0 Å². The average molecular weight is 299 g/mol. The van der Waals surface area contributed by atoms with Gasteiger partial charge in [-0.1, -0.05) is 20.8 Å². The van der Waals surface area contributed by atoms with E-state index in [2.05, 4.69) is 36.4 Å². The van der Waals surface area contributed by atoms with E-state index in [0.29, 0.717) is 18.0 Å². The number of ether oxygens (including phenoxy) is 1. The molecule has 1 amide bonds. The van der Waals surface area contributed by atoms with Crippen molar-refractivity contribution < 1.29 is 9.53 Å². The van der Waals surface area contributed by atoms with Crippen molar-refractivity contribution in [1.29, 1.82) is 0 Å². The summed E-state index contributed by atoms with van der Waals surface area (Å²) in [5.74, 6) is -0.0379. The maximum Gasteiger partial charge on any atom is 0.263 e. The molecule has 20 heavy (non-hydrogen) atoms. The van der Waals surface area contributed by atoms with Crippen LogP contribution in [0.5, 0.6) is 0 Å². The highest BCUT2D eigenvalue weighted by Gasteiger charge is 2.22. The van der Waals surface area contributed by atoms with Crippen molar-refractivity contribution in [1.82, 2.24) is 15.6 Å². The number of amides is 1. The molecule has 0 aliphatic heterocycles. The Morgan fingerprint density at radius 1 is 1.30 bits per heavy atom. The predicted molar refractivity (Wildman–Crippen MR) is 82.6 cm³/mol. The van der Waals surface area contributed by atoms with Gasteiger partial charge < -0.3 is 15.4 Å². The predicted octanol–water partition coefficient (Wildman–Crippen LogP) is 1.71. The molecule has 0 saturated heterocycles. The lowest BCUT2D eigenvalue weighted by Gasteiger charge is -2.13. The number of hydrogen-bond donors (Lipinski definition) is 2. The number of nitrogens with one attached hydrogen (secondary N) is 2. The number of carbonyl (C=O) groups is 1. The molecule has 6 heteroatoms. The molecular weight excluding hydrogens is 274 g/mol. The van der Waals surface area contributed by atoms with Crippen molar-refractivity contribution in [3.05, 3.63) is 15.6 Å². The fourth-order valence-corrected chi connectivity index (χ4v) is 2.61. The number of rotatable bonds is 7. The van der Waals surface area contributed by atoms with Crippen molar-refractivity contribution in [2.24, 2.45) is 0 Å². The van der Waals surface area contributed by atoms with Crippen LogP contribution in [0.2, 0.25) is 0 Å². The summed E-state index contributed by atoms with van der Waals surface area (Å²) in [7, 11) is 1.67. The first-order valence-electron chi connectivity index (χ1n) is 6.82. The Morgan fingerprint density at radius 2 is 2.00 bits per heavy atom. The Balaban J connectivity index is 2.46. The zero-order valence-electron chi connectivity index (χ0n) is 13.0. The van der Waals surface area contributed by atoms with Crippen LogP contribution in [0.15, 0.2) is 0 Å². The van der Waals surface area contributed by atoms with Gasteiger partial charge in [0, 0.05) is 32.2 Å². The Kier molecular flexibility index (Phi) is 6.58. The Morgan fingerprint density at radius 3 is 2.55 bits per heavy atom. The molecule has 0 atom stereocenters. The molecule has 0 spiro atoms. The summed E-state index contributed by atoms with van der Waals surface area (Å²) >= 11 is 1.48. The van der Waals surface area contributed by atoms with E-state index < -0.39 is 0 Å². The Hall–Kier alpha value is -0.980. The molecule has 0 fully saturated rings. The highest BCUT2D eigenvalue weighted by molar-refractivity contribution is 7.14. The maximum absolute atomic E-state index is 12.1. The highest BCUT2D eigenvalue weighted by atomic mass is 32.1. The number of aryl methyl sites for hydroxylation is 1. The highest BCUT2D eigenvalue weighted by Crippen LogP contribution is 2.28. The summed E-state index contributed by atoms with van der Waals surface area (Å²) in [5, 5.41) is 7.09. The molecule has 5 nitrogen and oxygen atoms in total. The Labute approximate surface area is 125 Å². The molecule has 0 radical (unpaired) electrons. The van der Waals surface area contributed by atoms with E-state index in [0.717, 1.165) is 23.8 Å². The molecule has 0 bridgehead atoms. The quantitative estimate of drug-likeness (QED) is 0.753. The largest absolute Gasteiger partial charge is 0.383 e. The van der Waals surface area contributed by atoms with Gasteiger partial charge in [0.1, 0.15) is 4.88 Å². The van der Waals surface area contributed by atoms with Crippen LogP contribution in [-0.4, -0.2) is 44.2 Å². The zero-order valence-corrected chi connectivity index (χ0v) is 13.8. The topological polar surface area (TPSA) is 63.2 Å². The second-order valence-corrected chi connectivity index (χ2v) is 6.68.